The SMILES string of the molecule is Cc1cc(NC(=O)c2cc(S(=O)(=O)N3CCCCC3)c(Cl)cc2Cl)nn1Cc1ccccc1. The Labute approximate surface area is 203 Å². The Bertz CT molecular complexity index is 1270. The van der Waals surface area contributed by atoms with E-state index >= 15 is 0 Å². The summed E-state index contributed by atoms with van der Waals surface area (Å²) in [5.74, 6) is -0.212. The summed E-state index contributed by atoms with van der Waals surface area (Å²) in [7, 11) is -3.83. The van der Waals surface area contributed by atoms with Crippen molar-refractivity contribution < 1.29 is 13.2 Å². The maximum Gasteiger partial charge on any atom is 0.258 e. The van der Waals surface area contributed by atoms with Gasteiger partial charge in [-0.2, -0.15) is 9.40 Å². The smallest absolute Gasteiger partial charge is 0.258 e. The molecule has 1 saturated heterocycles. The number of aryl methyl sites for hydroxylation is 1. The van der Waals surface area contributed by atoms with Gasteiger partial charge in [0.15, 0.2) is 5.82 Å². The van der Waals surface area contributed by atoms with Gasteiger partial charge in [0.2, 0.25) is 10.0 Å². The number of amides is 1. The lowest BCUT2D eigenvalue weighted by Crippen LogP contribution is -2.35. The highest BCUT2D eigenvalue weighted by Crippen LogP contribution is 2.32. The molecule has 0 aliphatic carbocycles. The second kappa shape index (κ2) is 9.85. The largest absolute Gasteiger partial charge is 0.305 e. The van der Waals surface area contributed by atoms with Gasteiger partial charge >= 0.3 is 0 Å². The zero-order chi connectivity index (χ0) is 23.6. The molecule has 2 heterocycles. The first-order valence-corrected chi connectivity index (χ1v) is 12.8. The van der Waals surface area contributed by atoms with Crippen LogP contribution in [-0.4, -0.2) is 41.5 Å². The minimum absolute atomic E-state index is 0.00916. The topological polar surface area (TPSA) is 84.3 Å². The van der Waals surface area contributed by atoms with Crippen LogP contribution in [0.25, 0.3) is 0 Å². The van der Waals surface area contributed by atoms with Crippen molar-refractivity contribution in [2.24, 2.45) is 0 Å². The van der Waals surface area contributed by atoms with Crippen LogP contribution in [0.3, 0.4) is 0 Å². The number of piperidine rings is 1. The maximum absolute atomic E-state index is 13.1. The molecule has 3 aromatic rings. The van der Waals surface area contributed by atoms with Crippen molar-refractivity contribution in [3.05, 3.63) is 75.4 Å². The van der Waals surface area contributed by atoms with E-state index in [-0.39, 0.29) is 20.5 Å². The molecule has 4 rings (SSSR count). The van der Waals surface area contributed by atoms with Gasteiger partial charge in [-0.1, -0.05) is 60.0 Å². The van der Waals surface area contributed by atoms with Crippen LogP contribution in [0.4, 0.5) is 5.82 Å². The molecule has 0 atom stereocenters. The summed E-state index contributed by atoms with van der Waals surface area (Å²) < 4.78 is 29.4. The summed E-state index contributed by atoms with van der Waals surface area (Å²) in [5, 5.41) is 7.22. The summed E-state index contributed by atoms with van der Waals surface area (Å²) >= 11 is 12.5. The number of hydrogen-bond acceptors (Lipinski definition) is 4. The Kier molecular flexibility index (Phi) is 7.09. The number of nitrogens with zero attached hydrogens (tertiary/aromatic N) is 3. The van der Waals surface area contributed by atoms with Crippen molar-refractivity contribution in [1.29, 1.82) is 0 Å². The van der Waals surface area contributed by atoms with E-state index < -0.39 is 15.9 Å². The Morgan fingerprint density at radius 2 is 1.73 bits per heavy atom. The number of anilines is 1. The molecule has 1 aliphatic heterocycles. The Morgan fingerprint density at radius 3 is 2.42 bits per heavy atom. The molecule has 0 saturated carbocycles. The molecule has 7 nitrogen and oxygen atoms in total. The van der Waals surface area contributed by atoms with Crippen LogP contribution < -0.4 is 5.32 Å². The van der Waals surface area contributed by atoms with E-state index in [1.165, 1.54) is 16.4 Å². The molecule has 1 N–H and O–H groups in total. The molecule has 0 unspecified atom stereocenters. The second-order valence-corrected chi connectivity index (χ2v) is 10.7. The number of benzene rings is 2. The first kappa shape index (κ1) is 23.8. The highest BCUT2D eigenvalue weighted by atomic mass is 35.5. The molecular weight excluding hydrogens is 483 g/mol. The average Bonchev–Trinajstić information content (AvgIpc) is 3.13. The molecule has 0 spiro atoms. The first-order valence-electron chi connectivity index (χ1n) is 10.6. The van der Waals surface area contributed by atoms with Gasteiger partial charge in [0, 0.05) is 24.8 Å². The number of carbonyl (C=O) groups excluding carboxylic acids is 1. The summed E-state index contributed by atoms with van der Waals surface area (Å²) in [6, 6.07) is 14.1. The van der Waals surface area contributed by atoms with E-state index in [2.05, 4.69) is 10.4 Å². The lowest BCUT2D eigenvalue weighted by atomic mass is 10.2. The molecular formula is C23H24Cl2N4O3S. The van der Waals surface area contributed by atoms with E-state index in [0.29, 0.717) is 25.5 Å². The van der Waals surface area contributed by atoms with Crippen molar-refractivity contribution in [1.82, 2.24) is 14.1 Å². The lowest BCUT2D eigenvalue weighted by Gasteiger charge is -2.26. The molecule has 0 bridgehead atoms. The number of nitrogens with one attached hydrogen (secondary N) is 1. The Morgan fingerprint density at radius 1 is 1.03 bits per heavy atom. The van der Waals surface area contributed by atoms with Crippen LogP contribution in [0.2, 0.25) is 10.0 Å². The molecule has 1 aliphatic rings. The van der Waals surface area contributed by atoms with Crippen LogP contribution in [-0.2, 0) is 16.6 Å². The van der Waals surface area contributed by atoms with Gasteiger partial charge in [-0.3, -0.25) is 9.48 Å². The van der Waals surface area contributed by atoms with Gasteiger partial charge in [0.1, 0.15) is 4.90 Å². The normalized spacial score (nSPS) is 14.9. The lowest BCUT2D eigenvalue weighted by molar-refractivity contribution is 0.102. The van der Waals surface area contributed by atoms with Gasteiger partial charge in [-0.15, -0.1) is 0 Å². The quantitative estimate of drug-likeness (QED) is 0.511. The zero-order valence-electron chi connectivity index (χ0n) is 18.1. The highest BCUT2D eigenvalue weighted by Gasteiger charge is 2.30. The fourth-order valence-electron chi connectivity index (χ4n) is 3.82. The van der Waals surface area contributed by atoms with Crippen molar-refractivity contribution in [3.63, 3.8) is 0 Å². The molecule has 2 aromatic carbocycles. The molecule has 1 fully saturated rings. The number of carbonyl (C=O) groups is 1. The van der Waals surface area contributed by atoms with Crippen LogP contribution in [0.1, 0.15) is 40.9 Å². The summed E-state index contributed by atoms with van der Waals surface area (Å²) in [4.78, 5) is 12.9. The molecule has 1 aromatic heterocycles. The number of rotatable bonds is 6. The van der Waals surface area contributed by atoms with Crippen LogP contribution in [0.15, 0.2) is 53.4 Å². The van der Waals surface area contributed by atoms with Gasteiger partial charge in [0.25, 0.3) is 5.91 Å². The average molecular weight is 507 g/mol. The van der Waals surface area contributed by atoms with Crippen molar-refractivity contribution in [2.75, 3.05) is 18.4 Å². The second-order valence-electron chi connectivity index (χ2n) is 8.00. The summed E-state index contributed by atoms with van der Waals surface area (Å²) in [6.07, 6.45) is 2.58. The van der Waals surface area contributed by atoms with Gasteiger partial charge in [-0.05, 0) is 37.5 Å². The minimum atomic E-state index is -3.83. The molecule has 174 valence electrons. The molecule has 33 heavy (non-hydrogen) atoms. The minimum Gasteiger partial charge on any atom is -0.305 e. The third-order valence-corrected chi connectivity index (χ3v) is 8.27. The third-order valence-electron chi connectivity index (χ3n) is 5.60. The summed E-state index contributed by atoms with van der Waals surface area (Å²) in [5.41, 5.74) is 1.96. The predicted octanol–water partition coefficient (Wildman–Crippen LogP) is 4.97. The van der Waals surface area contributed by atoms with E-state index in [4.69, 9.17) is 23.2 Å². The molecule has 10 heteroatoms. The Hall–Kier alpha value is -2.39. The third kappa shape index (κ3) is 5.24. The van der Waals surface area contributed by atoms with E-state index in [9.17, 15) is 13.2 Å². The van der Waals surface area contributed by atoms with Gasteiger partial charge in [0.05, 0.1) is 22.2 Å². The van der Waals surface area contributed by atoms with Crippen LogP contribution in [0.5, 0.6) is 0 Å². The fourth-order valence-corrected chi connectivity index (χ4v) is 6.17. The van der Waals surface area contributed by atoms with E-state index in [0.717, 1.165) is 30.5 Å². The summed E-state index contributed by atoms with van der Waals surface area (Å²) in [6.45, 7) is 3.31. The number of aromatic nitrogens is 2. The van der Waals surface area contributed by atoms with Gasteiger partial charge in [-0.25, -0.2) is 8.42 Å². The van der Waals surface area contributed by atoms with E-state index in [1.54, 1.807) is 10.7 Å². The highest BCUT2D eigenvalue weighted by molar-refractivity contribution is 7.89. The predicted molar refractivity (Wildman–Crippen MR) is 130 cm³/mol. The fraction of sp³-hybridized carbons (Fsp3) is 0.304. The van der Waals surface area contributed by atoms with Crippen LogP contribution >= 0.6 is 23.2 Å². The number of sulfonamides is 1. The first-order chi connectivity index (χ1) is 15.8. The molecule has 1 amide bonds. The maximum atomic E-state index is 13.1. The van der Waals surface area contributed by atoms with E-state index in [1.807, 2.05) is 37.3 Å². The molecule has 0 radical (unpaired) electrons. The zero-order valence-corrected chi connectivity index (χ0v) is 20.4. The Balaban J connectivity index is 1.58. The van der Waals surface area contributed by atoms with Crippen LogP contribution in [0, 0.1) is 6.92 Å². The van der Waals surface area contributed by atoms with Crippen molar-refractivity contribution in [3.8, 4) is 0 Å². The number of halogens is 2. The monoisotopic (exact) mass is 506 g/mol. The van der Waals surface area contributed by atoms with Gasteiger partial charge < -0.3 is 5.32 Å². The standard InChI is InChI=1S/C23H24Cl2N4O3S/c1-16-12-22(27-29(16)15-17-8-4-2-5-9-17)26-23(30)18-13-21(20(25)14-19(18)24)33(31,32)28-10-6-3-7-11-28/h2,4-5,8-9,12-14H,3,6-7,10-11,15H2,1H3,(H,26,27,30). The van der Waals surface area contributed by atoms with Crippen molar-refractivity contribution in [2.45, 2.75) is 37.6 Å². The number of hydrogen-bond donors (Lipinski definition) is 1. The van der Waals surface area contributed by atoms with Crippen molar-refractivity contribution >= 4 is 45.0 Å².